The van der Waals surface area contributed by atoms with E-state index < -0.39 is 5.97 Å². The molecule has 0 aliphatic carbocycles. The van der Waals surface area contributed by atoms with E-state index in [4.69, 9.17) is 9.84 Å². The Morgan fingerprint density at radius 1 is 1.30 bits per heavy atom. The fraction of sp³-hybridized carbons (Fsp3) is 0.529. The Hall–Kier alpha value is -2.08. The van der Waals surface area contributed by atoms with Gasteiger partial charge in [-0.3, -0.25) is 4.79 Å². The van der Waals surface area contributed by atoms with Gasteiger partial charge in [-0.1, -0.05) is 30.3 Å². The van der Waals surface area contributed by atoms with Gasteiger partial charge < -0.3 is 20.1 Å². The summed E-state index contributed by atoms with van der Waals surface area (Å²) in [6.45, 7) is 2.19. The SMILES string of the molecule is O=C(O)CCCNC(=O)N(Cc1ccccc1)CC1CCCO1. The van der Waals surface area contributed by atoms with Crippen molar-refractivity contribution in [3.63, 3.8) is 0 Å². The van der Waals surface area contributed by atoms with E-state index in [1.807, 2.05) is 30.3 Å². The molecule has 6 nitrogen and oxygen atoms in total. The Morgan fingerprint density at radius 3 is 2.74 bits per heavy atom. The van der Waals surface area contributed by atoms with Crippen molar-refractivity contribution in [3.05, 3.63) is 35.9 Å². The fourth-order valence-electron chi connectivity index (χ4n) is 2.60. The van der Waals surface area contributed by atoms with E-state index in [1.54, 1.807) is 4.90 Å². The number of carbonyl (C=O) groups excluding carboxylic acids is 1. The third-order valence-electron chi connectivity index (χ3n) is 3.80. The molecule has 0 spiro atoms. The third kappa shape index (κ3) is 6.28. The van der Waals surface area contributed by atoms with Crippen LogP contribution in [0.25, 0.3) is 0 Å². The summed E-state index contributed by atoms with van der Waals surface area (Å²) in [6, 6.07) is 9.64. The van der Waals surface area contributed by atoms with Crippen molar-refractivity contribution >= 4 is 12.0 Å². The molecule has 1 aromatic carbocycles. The number of carboxylic acids is 1. The first kappa shape index (κ1) is 17.3. The fourth-order valence-corrected chi connectivity index (χ4v) is 2.60. The van der Waals surface area contributed by atoms with E-state index in [2.05, 4.69) is 5.32 Å². The molecule has 0 saturated carbocycles. The zero-order chi connectivity index (χ0) is 16.5. The summed E-state index contributed by atoms with van der Waals surface area (Å²) in [6.07, 6.45) is 2.58. The van der Waals surface area contributed by atoms with Crippen molar-refractivity contribution in [1.29, 1.82) is 0 Å². The maximum atomic E-state index is 12.4. The summed E-state index contributed by atoms with van der Waals surface area (Å²) in [5.74, 6) is -0.847. The quantitative estimate of drug-likeness (QED) is 0.720. The number of aliphatic carboxylic acids is 1. The van der Waals surface area contributed by atoms with Crippen LogP contribution in [-0.4, -0.2) is 47.8 Å². The van der Waals surface area contributed by atoms with Crippen LogP contribution in [0, 0.1) is 0 Å². The van der Waals surface area contributed by atoms with Crippen LogP contribution in [0.1, 0.15) is 31.2 Å². The first-order valence-electron chi connectivity index (χ1n) is 8.05. The highest BCUT2D eigenvalue weighted by Gasteiger charge is 2.22. The highest BCUT2D eigenvalue weighted by atomic mass is 16.5. The number of amides is 2. The average molecular weight is 320 g/mol. The second-order valence-corrected chi connectivity index (χ2v) is 5.73. The van der Waals surface area contributed by atoms with Crippen LogP contribution >= 0.6 is 0 Å². The van der Waals surface area contributed by atoms with Gasteiger partial charge in [0, 0.05) is 32.7 Å². The van der Waals surface area contributed by atoms with Gasteiger partial charge in [-0.2, -0.15) is 0 Å². The van der Waals surface area contributed by atoms with Crippen LogP contribution in [0.15, 0.2) is 30.3 Å². The molecule has 1 unspecified atom stereocenters. The van der Waals surface area contributed by atoms with Crippen molar-refractivity contribution < 1.29 is 19.4 Å². The number of urea groups is 1. The van der Waals surface area contributed by atoms with Gasteiger partial charge in [0.25, 0.3) is 0 Å². The number of nitrogens with zero attached hydrogens (tertiary/aromatic N) is 1. The first-order valence-corrected chi connectivity index (χ1v) is 8.05. The van der Waals surface area contributed by atoms with Gasteiger partial charge in [0.1, 0.15) is 0 Å². The van der Waals surface area contributed by atoms with Crippen LogP contribution in [0.4, 0.5) is 4.79 Å². The number of hydrogen-bond donors (Lipinski definition) is 2. The summed E-state index contributed by atoms with van der Waals surface area (Å²) < 4.78 is 5.63. The number of carbonyl (C=O) groups is 2. The topological polar surface area (TPSA) is 78.9 Å². The Morgan fingerprint density at radius 2 is 2.09 bits per heavy atom. The van der Waals surface area contributed by atoms with E-state index in [-0.39, 0.29) is 18.6 Å². The molecular formula is C17H24N2O4. The summed E-state index contributed by atoms with van der Waals surface area (Å²) in [5.41, 5.74) is 1.06. The van der Waals surface area contributed by atoms with Crippen LogP contribution in [0.2, 0.25) is 0 Å². The van der Waals surface area contributed by atoms with Gasteiger partial charge in [0.15, 0.2) is 0 Å². The summed E-state index contributed by atoms with van der Waals surface area (Å²) in [5, 5.41) is 11.4. The van der Waals surface area contributed by atoms with Gasteiger partial charge >= 0.3 is 12.0 Å². The predicted octanol–water partition coefficient (Wildman–Crippen LogP) is 2.24. The molecule has 0 bridgehead atoms. The van der Waals surface area contributed by atoms with Crippen LogP contribution in [-0.2, 0) is 16.1 Å². The number of rotatable bonds is 8. The largest absolute Gasteiger partial charge is 0.481 e. The van der Waals surface area contributed by atoms with Gasteiger partial charge in [-0.25, -0.2) is 4.79 Å². The Balaban J connectivity index is 1.88. The van der Waals surface area contributed by atoms with Crippen molar-refractivity contribution in [1.82, 2.24) is 10.2 Å². The van der Waals surface area contributed by atoms with Crippen molar-refractivity contribution in [2.24, 2.45) is 0 Å². The molecule has 1 aliphatic rings. The molecule has 6 heteroatoms. The highest BCUT2D eigenvalue weighted by Crippen LogP contribution is 2.15. The predicted molar refractivity (Wildman–Crippen MR) is 86.1 cm³/mol. The number of carboxylic acid groups (broad SMARTS) is 1. The normalized spacial score (nSPS) is 17.0. The van der Waals surface area contributed by atoms with Gasteiger partial charge in [-0.05, 0) is 24.8 Å². The lowest BCUT2D eigenvalue weighted by molar-refractivity contribution is -0.137. The molecule has 1 atom stereocenters. The summed E-state index contributed by atoms with van der Waals surface area (Å²) >= 11 is 0. The smallest absolute Gasteiger partial charge is 0.317 e. The van der Waals surface area contributed by atoms with Crippen molar-refractivity contribution in [2.45, 2.75) is 38.3 Å². The number of nitrogens with one attached hydrogen (secondary N) is 1. The zero-order valence-corrected chi connectivity index (χ0v) is 13.2. The lowest BCUT2D eigenvalue weighted by atomic mass is 10.2. The molecule has 23 heavy (non-hydrogen) atoms. The molecule has 0 aromatic heterocycles. The van der Waals surface area contributed by atoms with Crippen LogP contribution in [0.5, 0.6) is 0 Å². The standard InChI is InChI=1S/C17H24N2O4/c20-16(21)9-4-10-18-17(22)19(13-15-8-5-11-23-15)12-14-6-2-1-3-7-14/h1-3,6-7,15H,4-5,8-13H2,(H,18,22)(H,20,21). The molecule has 0 radical (unpaired) electrons. The van der Waals surface area contributed by atoms with E-state index in [0.29, 0.717) is 26.1 Å². The van der Waals surface area contributed by atoms with Gasteiger partial charge in [0.05, 0.1) is 6.10 Å². The monoisotopic (exact) mass is 320 g/mol. The number of hydrogen-bond acceptors (Lipinski definition) is 3. The number of benzene rings is 1. The zero-order valence-electron chi connectivity index (χ0n) is 13.2. The molecule has 126 valence electrons. The van der Waals surface area contributed by atoms with Crippen molar-refractivity contribution in [2.75, 3.05) is 19.7 Å². The van der Waals surface area contributed by atoms with E-state index in [0.717, 1.165) is 25.0 Å². The lowest BCUT2D eigenvalue weighted by Crippen LogP contribution is -2.43. The Kier molecular flexibility index (Phi) is 6.87. The summed E-state index contributed by atoms with van der Waals surface area (Å²) in [4.78, 5) is 24.6. The summed E-state index contributed by atoms with van der Waals surface area (Å²) in [7, 11) is 0. The average Bonchev–Trinajstić information content (AvgIpc) is 3.04. The lowest BCUT2D eigenvalue weighted by Gasteiger charge is -2.26. The molecule has 1 heterocycles. The molecule has 2 N–H and O–H groups in total. The minimum Gasteiger partial charge on any atom is -0.481 e. The minimum absolute atomic E-state index is 0.0602. The first-order chi connectivity index (χ1) is 11.1. The molecule has 1 aromatic rings. The molecule has 1 aliphatic heterocycles. The molecule has 1 fully saturated rings. The Bertz CT molecular complexity index is 501. The van der Waals surface area contributed by atoms with Crippen molar-refractivity contribution in [3.8, 4) is 0 Å². The molecule has 2 amide bonds. The third-order valence-corrected chi connectivity index (χ3v) is 3.80. The molecular weight excluding hydrogens is 296 g/mol. The highest BCUT2D eigenvalue weighted by molar-refractivity contribution is 5.74. The van der Waals surface area contributed by atoms with Crippen LogP contribution < -0.4 is 5.32 Å². The Labute approximate surface area is 136 Å². The second kappa shape index (κ2) is 9.15. The maximum absolute atomic E-state index is 12.4. The molecule has 2 rings (SSSR count). The second-order valence-electron chi connectivity index (χ2n) is 5.73. The van der Waals surface area contributed by atoms with Gasteiger partial charge in [-0.15, -0.1) is 0 Å². The van der Waals surface area contributed by atoms with Crippen LogP contribution in [0.3, 0.4) is 0 Å². The minimum atomic E-state index is -0.847. The molecule has 1 saturated heterocycles. The maximum Gasteiger partial charge on any atom is 0.317 e. The number of ether oxygens (including phenoxy) is 1. The van der Waals surface area contributed by atoms with E-state index in [9.17, 15) is 9.59 Å². The van der Waals surface area contributed by atoms with E-state index >= 15 is 0 Å². The van der Waals surface area contributed by atoms with E-state index in [1.165, 1.54) is 0 Å². The van der Waals surface area contributed by atoms with Gasteiger partial charge in [0.2, 0.25) is 0 Å².